The van der Waals surface area contributed by atoms with Crippen molar-refractivity contribution in [2.24, 2.45) is 7.05 Å². The van der Waals surface area contributed by atoms with Crippen LogP contribution in [0.5, 0.6) is 0 Å². The molecule has 0 saturated heterocycles. The van der Waals surface area contributed by atoms with Crippen LogP contribution in [0.4, 0.5) is 8.78 Å². The van der Waals surface area contributed by atoms with Gasteiger partial charge in [-0.2, -0.15) is 0 Å². The molecule has 4 nitrogen and oxygen atoms in total. The topological polar surface area (TPSA) is 47.8 Å². The average Bonchev–Trinajstić information content (AvgIpc) is 2.63. The highest BCUT2D eigenvalue weighted by molar-refractivity contribution is 5.97. The Labute approximate surface area is 95.9 Å². The summed E-state index contributed by atoms with van der Waals surface area (Å²) in [6.07, 6.45) is 1.35. The van der Waals surface area contributed by atoms with Crippen molar-refractivity contribution in [3.05, 3.63) is 47.3 Å². The molecule has 0 amide bonds. The van der Waals surface area contributed by atoms with E-state index >= 15 is 0 Å². The summed E-state index contributed by atoms with van der Waals surface area (Å²) < 4.78 is 28.0. The van der Waals surface area contributed by atoms with Gasteiger partial charge in [-0.3, -0.25) is 9.48 Å². The summed E-state index contributed by atoms with van der Waals surface area (Å²) in [6.45, 7) is 0. The van der Waals surface area contributed by atoms with Crippen LogP contribution in [0.2, 0.25) is 0 Å². The van der Waals surface area contributed by atoms with Crippen molar-refractivity contribution < 1.29 is 13.6 Å². The maximum Gasteiger partial charge on any atom is 0.174 e. The number of hydrogen-bond acceptors (Lipinski definition) is 3. The van der Waals surface area contributed by atoms with Gasteiger partial charge in [-0.25, -0.2) is 8.78 Å². The molecule has 0 aliphatic rings. The molecule has 2 rings (SSSR count). The predicted octanol–water partition coefficient (Wildman–Crippen LogP) is 1.52. The van der Waals surface area contributed by atoms with E-state index in [1.807, 2.05) is 0 Å². The molecule has 0 spiro atoms. The van der Waals surface area contributed by atoms with Gasteiger partial charge in [0.05, 0.1) is 17.7 Å². The summed E-state index contributed by atoms with van der Waals surface area (Å²) in [4.78, 5) is 11.7. The van der Waals surface area contributed by atoms with Crippen molar-refractivity contribution in [1.82, 2.24) is 15.0 Å². The molecule has 0 unspecified atom stereocenters. The molecule has 0 fully saturated rings. The maximum absolute atomic E-state index is 13.3. The van der Waals surface area contributed by atoms with Crippen LogP contribution in [0.25, 0.3) is 0 Å². The van der Waals surface area contributed by atoms with Crippen molar-refractivity contribution in [1.29, 1.82) is 0 Å². The molecule has 17 heavy (non-hydrogen) atoms. The quantitative estimate of drug-likeness (QED) is 0.760. The Morgan fingerprint density at radius 3 is 2.53 bits per heavy atom. The number of nitrogens with zero attached hydrogens (tertiary/aromatic N) is 3. The van der Waals surface area contributed by atoms with Crippen LogP contribution < -0.4 is 0 Å². The van der Waals surface area contributed by atoms with Crippen molar-refractivity contribution in [2.45, 2.75) is 6.42 Å². The molecule has 0 radical (unpaired) electrons. The van der Waals surface area contributed by atoms with Crippen molar-refractivity contribution in [3.8, 4) is 0 Å². The zero-order valence-electron chi connectivity index (χ0n) is 9.02. The van der Waals surface area contributed by atoms with E-state index in [4.69, 9.17) is 0 Å². The van der Waals surface area contributed by atoms with Gasteiger partial charge in [-0.1, -0.05) is 11.3 Å². The lowest BCUT2D eigenvalue weighted by Crippen LogP contribution is -2.09. The second-order valence-electron chi connectivity index (χ2n) is 3.58. The van der Waals surface area contributed by atoms with Gasteiger partial charge in [0, 0.05) is 13.2 Å². The molecule has 0 atom stereocenters. The molecule has 0 aliphatic heterocycles. The molecule has 0 bridgehead atoms. The van der Waals surface area contributed by atoms with Crippen LogP contribution in [0.3, 0.4) is 0 Å². The van der Waals surface area contributed by atoms with Gasteiger partial charge in [-0.05, 0) is 12.1 Å². The van der Waals surface area contributed by atoms with Gasteiger partial charge in [-0.15, -0.1) is 5.10 Å². The monoisotopic (exact) mass is 237 g/mol. The second-order valence-corrected chi connectivity index (χ2v) is 3.58. The van der Waals surface area contributed by atoms with Gasteiger partial charge in [0.1, 0.15) is 11.6 Å². The van der Waals surface area contributed by atoms with E-state index in [1.165, 1.54) is 16.9 Å². The highest BCUT2D eigenvalue weighted by atomic mass is 19.1. The third kappa shape index (κ3) is 2.35. The van der Waals surface area contributed by atoms with Gasteiger partial charge < -0.3 is 0 Å². The minimum Gasteiger partial charge on any atom is -0.294 e. The number of benzene rings is 1. The Morgan fingerprint density at radius 2 is 2.00 bits per heavy atom. The Kier molecular flexibility index (Phi) is 2.95. The fourth-order valence-corrected chi connectivity index (χ4v) is 1.49. The number of hydrogen-bond donors (Lipinski definition) is 0. The Bertz CT molecular complexity index is 545. The number of carbonyl (C=O) groups excluding carboxylic acids is 1. The Morgan fingerprint density at radius 1 is 1.35 bits per heavy atom. The molecule has 0 N–H and O–H groups in total. The van der Waals surface area contributed by atoms with Gasteiger partial charge >= 0.3 is 0 Å². The van der Waals surface area contributed by atoms with Gasteiger partial charge in [0.2, 0.25) is 0 Å². The SMILES string of the molecule is Cn1cc(CC(=O)c2c(F)cccc2F)nn1. The fourth-order valence-electron chi connectivity index (χ4n) is 1.49. The van der Waals surface area contributed by atoms with Crippen LogP contribution in [0.1, 0.15) is 16.1 Å². The molecule has 1 heterocycles. The molecular weight excluding hydrogens is 228 g/mol. The number of aryl methyl sites for hydroxylation is 1. The van der Waals surface area contributed by atoms with Crippen LogP contribution in [0, 0.1) is 11.6 Å². The maximum atomic E-state index is 13.3. The zero-order valence-corrected chi connectivity index (χ0v) is 9.02. The van der Waals surface area contributed by atoms with Crippen LogP contribution in [-0.2, 0) is 13.5 Å². The lowest BCUT2D eigenvalue weighted by molar-refractivity contribution is 0.0984. The minimum absolute atomic E-state index is 0.175. The van der Waals surface area contributed by atoms with Crippen LogP contribution >= 0.6 is 0 Å². The van der Waals surface area contributed by atoms with E-state index in [1.54, 1.807) is 7.05 Å². The smallest absolute Gasteiger partial charge is 0.174 e. The number of halogens is 2. The number of carbonyl (C=O) groups is 1. The number of Topliss-reactive ketones (excluding diaryl/α,β-unsaturated/α-hetero) is 1. The zero-order chi connectivity index (χ0) is 12.4. The van der Waals surface area contributed by atoms with Crippen LogP contribution in [0.15, 0.2) is 24.4 Å². The second kappa shape index (κ2) is 4.40. The van der Waals surface area contributed by atoms with E-state index in [0.717, 1.165) is 12.1 Å². The largest absolute Gasteiger partial charge is 0.294 e. The van der Waals surface area contributed by atoms with Gasteiger partial charge in [0.15, 0.2) is 5.78 Å². The summed E-state index contributed by atoms with van der Waals surface area (Å²) in [7, 11) is 1.64. The summed E-state index contributed by atoms with van der Waals surface area (Å²) in [5.74, 6) is -2.38. The number of ketones is 1. The van der Waals surface area contributed by atoms with Gasteiger partial charge in [0.25, 0.3) is 0 Å². The summed E-state index contributed by atoms with van der Waals surface area (Å²) in [5.41, 5.74) is -0.154. The van der Waals surface area contributed by atoms with Crippen molar-refractivity contribution in [2.75, 3.05) is 0 Å². The normalized spacial score (nSPS) is 10.5. The van der Waals surface area contributed by atoms with Crippen LogP contribution in [-0.4, -0.2) is 20.8 Å². The summed E-state index contributed by atoms with van der Waals surface area (Å²) >= 11 is 0. The first kappa shape index (κ1) is 11.4. The number of aromatic nitrogens is 3. The molecule has 0 aliphatic carbocycles. The van der Waals surface area contributed by atoms with E-state index < -0.39 is 23.0 Å². The highest BCUT2D eigenvalue weighted by Gasteiger charge is 2.18. The van der Waals surface area contributed by atoms with E-state index in [-0.39, 0.29) is 6.42 Å². The fraction of sp³-hybridized carbons (Fsp3) is 0.182. The molecule has 6 heteroatoms. The molecule has 88 valence electrons. The van der Waals surface area contributed by atoms with E-state index in [9.17, 15) is 13.6 Å². The van der Waals surface area contributed by atoms with Crippen molar-refractivity contribution in [3.63, 3.8) is 0 Å². The van der Waals surface area contributed by atoms with E-state index in [0.29, 0.717) is 5.69 Å². The highest BCUT2D eigenvalue weighted by Crippen LogP contribution is 2.14. The lowest BCUT2D eigenvalue weighted by Gasteiger charge is -2.01. The minimum atomic E-state index is -0.862. The molecule has 1 aromatic carbocycles. The lowest BCUT2D eigenvalue weighted by atomic mass is 10.1. The molecule has 0 saturated carbocycles. The first-order chi connectivity index (χ1) is 8.08. The first-order valence-electron chi connectivity index (χ1n) is 4.90. The summed E-state index contributed by atoms with van der Waals surface area (Å²) in [6, 6.07) is 3.31. The predicted molar refractivity (Wildman–Crippen MR) is 55.4 cm³/mol. The third-order valence-electron chi connectivity index (χ3n) is 2.23. The number of rotatable bonds is 3. The molecule has 2 aromatic rings. The van der Waals surface area contributed by atoms with Crippen molar-refractivity contribution >= 4 is 5.78 Å². The first-order valence-corrected chi connectivity index (χ1v) is 4.90. The Balaban J connectivity index is 2.26. The molecular formula is C11H9F2N3O. The standard InChI is InChI=1S/C11H9F2N3O/c1-16-6-7(14-15-16)5-10(17)11-8(12)3-2-4-9(11)13/h2-4,6H,5H2,1H3. The average molecular weight is 237 g/mol. The Hall–Kier alpha value is -2.11. The van der Waals surface area contributed by atoms with E-state index in [2.05, 4.69) is 10.3 Å². The third-order valence-corrected chi connectivity index (χ3v) is 2.23. The molecule has 1 aromatic heterocycles. The summed E-state index contributed by atoms with van der Waals surface area (Å²) in [5, 5.41) is 7.32.